The maximum absolute atomic E-state index is 13.5. The van der Waals surface area contributed by atoms with E-state index in [0.717, 1.165) is 5.56 Å². The molecule has 0 aromatic heterocycles. The predicted octanol–water partition coefficient (Wildman–Crippen LogP) is 3.64. The van der Waals surface area contributed by atoms with Gasteiger partial charge in [-0.1, -0.05) is 29.8 Å². The first-order valence-electron chi connectivity index (χ1n) is 5.08. The fourth-order valence-corrected chi connectivity index (χ4v) is 1.61. The Kier molecular flexibility index (Phi) is 3.49. The summed E-state index contributed by atoms with van der Waals surface area (Å²) in [4.78, 5) is 0. The molecule has 0 spiro atoms. The van der Waals surface area contributed by atoms with E-state index in [9.17, 15) is 4.39 Å². The minimum atomic E-state index is -0.543. The van der Waals surface area contributed by atoms with E-state index in [1.54, 1.807) is 18.2 Å². The van der Waals surface area contributed by atoms with Crippen molar-refractivity contribution in [2.45, 2.75) is 6.61 Å². The number of benzene rings is 2. The van der Waals surface area contributed by atoms with Crippen molar-refractivity contribution in [3.8, 4) is 5.75 Å². The second-order valence-electron chi connectivity index (χ2n) is 3.59. The van der Waals surface area contributed by atoms with Gasteiger partial charge in [0.05, 0.1) is 5.02 Å². The third-order valence-electron chi connectivity index (χ3n) is 2.26. The minimum Gasteiger partial charge on any atom is -0.486 e. The van der Waals surface area contributed by atoms with E-state index in [0.29, 0.717) is 5.69 Å². The number of ether oxygens (including phenoxy) is 1. The third-order valence-corrected chi connectivity index (χ3v) is 2.55. The van der Waals surface area contributed by atoms with Gasteiger partial charge in [0.15, 0.2) is 11.6 Å². The highest BCUT2D eigenvalue weighted by molar-refractivity contribution is 6.30. The Balaban J connectivity index is 2.10. The zero-order valence-electron chi connectivity index (χ0n) is 8.99. The predicted molar refractivity (Wildman–Crippen MR) is 66.6 cm³/mol. The highest BCUT2D eigenvalue weighted by atomic mass is 35.5. The number of rotatable bonds is 3. The van der Waals surface area contributed by atoms with Gasteiger partial charge in [-0.3, -0.25) is 0 Å². The molecule has 2 N–H and O–H groups in total. The fourth-order valence-electron chi connectivity index (χ4n) is 1.44. The van der Waals surface area contributed by atoms with Gasteiger partial charge in [-0.2, -0.15) is 0 Å². The van der Waals surface area contributed by atoms with E-state index in [1.165, 1.54) is 12.1 Å². The van der Waals surface area contributed by atoms with Crippen LogP contribution in [0.5, 0.6) is 5.75 Å². The largest absolute Gasteiger partial charge is 0.486 e. The summed E-state index contributed by atoms with van der Waals surface area (Å²) in [6.45, 7) is 0.252. The fraction of sp³-hybridized carbons (Fsp3) is 0.0769. The molecular weight excluding hydrogens is 241 g/mol. The molecule has 88 valence electrons. The molecular formula is C13H11ClFNO. The molecule has 2 aromatic rings. The van der Waals surface area contributed by atoms with Crippen molar-refractivity contribution in [2.75, 3.05) is 5.73 Å². The lowest BCUT2D eigenvalue weighted by Gasteiger charge is -2.08. The van der Waals surface area contributed by atoms with Crippen molar-refractivity contribution in [1.29, 1.82) is 0 Å². The highest BCUT2D eigenvalue weighted by Gasteiger charge is 2.07. The average Bonchev–Trinajstić information content (AvgIpc) is 2.31. The van der Waals surface area contributed by atoms with E-state index in [1.807, 2.05) is 12.1 Å². The van der Waals surface area contributed by atoms with Crippen LogP contribution < -0.4 is 10.5 Å². The van der Waals surface area contributed by atoms with Crippen LogP contribution in [0, 0.1) is 5.82 Å². The molecule has 0 aliphatic rings. The summed E-state index contributed by atoms with van der Waals surface area (Å²) in [6, 6.07) is 11.9. The first kappa shape index (κ1) is 11.7. The molecule has 2 rings (SSSR count). The van der Waals surface area contributed by atoms with Crippen LogP contribution in [0.25, 0.3) is 0 Å². The molecule has 0 fully saturated rings. The van der Waals surface area contributed by atoms with Gasteiger partial charge in [0.2, 0.25) is 0 Å². The number of nitrogens with two attached hydrogens (primary N) is 1. The van der Waals surface area contributed by atoms with Crippen LogP contribution in [0.2, 0.25) is 5.02 Å². The lowest BCUT2D eigenvalue weighted by Crippen LogP contribution is -1.98. The molecule has 0 aliphatic carbocycles. The Bertz CT molecular complexity index is 531. The number of nitrogen functional groups attached to an aromatic ring is 1. The van der Waals surface area contributed by atoms with Gasteiger partial charge in [0.25, 0.3) is 0 Å². The van der Waals surface area contributed by atoms with E-state index >= 15 is 0 Å². The molecule has 0 aliphatic heterocycles. The van der Waals surface area contributed by atoms with Crippen molar-refractivity contribution in [1.82, 2.24) is 0 Å². The quantitative estimate of drug-likeness (QED) is 0.846. The molecule has 2 aromatic carbocycles. The van der Waals surface area contributed by atoms with Crippen molar-refractivity contribution >= 4 is 17.3 Å². The Morgan fingerprint density at radius 3 is 2.71 bits per heavy atom. The Labute approximate surface area is 104 Å². The second-order valence-corrected chi connectivity index (χ2v) is 3.99. The van der Waals surface area contributed by atoms with Gasteiger partial charge in [-0.05, 0) is 29.8 Å². The topological polar surface area (TPSA) is 35.2 Å². The first-order valence-corrected chi connectivity index (χ1v) is 5.46. The molecule has 0 saturated heterocycles. The van der Waals surface area contributed by atoms with Gasteiger partial charge in [-0.15, -0.1) is 0 Å². The van der Waals surface area contributed by atoms with E-state index < -0.39 is 5.82 Å². The van der Waals surface area contributed by atoms with Crippen molar-refractivity contribution in [3.63, 3.8) is 0 Å². The third kappa shape index (κ3) is 2.88. The van der Waals surface area contributed by atoms with Crippen LogP contribution in [0.3, 0.4) is 0 Å². The van der Waals surface area contributed by atoms with Crippen LogP contribution in [0.15, 0.2) is 42.5 Å². The van der Waals surface area contributed by atoms with Crippen LogP contribution in [-0.4, -0.2) is 0 Å². The molecule has 17 heavy (non-hydrogen) atoms. The molecule has 0 saturated carbocycles. The normalized spacial score (nSPS) is 10.2. The van der Waals surface area contributed by atoms with Gasteiger partial charge in [0, 0.05) is 5.69 Å². The maximum Gasteiger partial charge on any atom is 0.183 e. The van der Waals surface area contributed by atoms with Gasteiger partial charge < -0.3 is 10.5 Å². The smallest absolute Gasteiger partial charge is 0.183 e. The second kappa shape index (κ2) is 5.06. The summed E-state index contributed by atoms with van der Waals surface area (Å²) < 4.78 is 18.8. The number of halogens is 2. The molecule has 0 bridgehead atoms. The van der Waals surface area contributed by atoms with E-state index in [2.05, 4.69) is 0 Å². The van der Waals surface area contributed by atoms with Crippen LogP contribution in [-0.2, 0) is 6.61 Å². The molecule has 0 atom stereocenters. The van der Waals surface area contributed by atoms with Gasteiger partial charge in [0.1, 0.15) is 6.61 Å². The maximum atomic E-state index is 13.5. The Hall–Kier alpha value is -1.74. The van der Waals surface area contributed by atoms with Crippen molar-refractivity contribution in [3.05, 3.63) is 58.9 Å². The zero-order valence-corrected chi connectivity index (χ0v) is 9.75. The van der Waals surface area contributed by atoms with Gasteiger partial charge >= 0.3 is 0 Å². The van der Waals surface area contributed by atoms with Gasteiger partial charge in [-0.25, -0.2) is 4.39 Å². The van der Waals surface area contributed by atoms with Crippen molar-refractivity contribution in [2.24, 2.45) is 0 Å². The first-order chi connectivity index (χ1) is 8.16. The summed E-state index contributed by atoms with van der Waals surface area (Å²) in [7, 11) is 0. The lowest BCUT2D eigenvalue weighted by atomic mass is 10.2. The highest BCUT2D eigenvalue weighted by Crippen LogP contribution is 2.24. The molecule has 4 heteroatoms. The summed E-state index contributed by atoms with van der Waals surface area (Å²) >= 11 is 5.65. The summed E-state index contributed by atoms with van der Waals surface area (Å²) in [5, 5.41) is 0.0510. The number of hydrogen-bond acceptors (Lipinski definition) is 2. The standard InChI is InChI=1S/C13H11ClFNO/c14-11-5-2-6-12(13(11)15)17-8-9-3-1-4-10(16)7-9/h1-7H,8,16H2. The monoisotopic (exact) mass is 251 g/mol. The summed E-state index contributed by atoms with van der Waals surface area (Å²) in [6.07, 6.45) is 0. The summed E-state index contributed by atoms with van der Waals surface area (Å²) in [5.74, 6) is -0.405. The molecule has 0 unspecified atom stereocenters. The number of hydrogen-bond donors (Lipinski definition) is 1. The molecule has 2 nitrogen and oxygen atoms in total. The molecule has 0 amide bonds. The van der Waals surface area contributed by atoms with E-state index in [4.69, 9.17) is 22.1 Å². The lowest BCUT2D eigenvalue weighted by molar-refractivity contribution is 0.290. The average molecular weight is 252 g/mol. The molecule has 0 heterocycles. The number of anilines is 1. The minimum absolute atomic E-state index is 0.0510. The van der Waals surface area contributed by atoms with Crippen LogP contribution in [0.4, 0.5) is 10.1 Å². The molecule has 0 radical (unpaired) electrons. The summed E-state index contributed by atoms with van der Waals surface area (Å²) in [5.41, 5.74) is 7.16. The zero-order chi connectivity index (χ0) is 12.3. The Morgan fingerprint density at radius 1 is 1.18 bits per heavy atom. The SMILES string of the molecule is Nc1cccc(COc2cccc(Cl)c2F)c1. The van der Waals surface area contributed by atoms with Crippen molar-refractivity contribution < 1.29 is 9.13 Å². The van der Waals surface area contributed by atoms with Crippen LogP contribution >= 0.6 is 11.6 Å². The van der Waals surface area contributed by atoms with Crippen LogP contribution in [0.1, 0.15) is 5.56 Å². The Morgan fingerprint density at radius 2 is 1.94 bits per heavy atom. The van der Waals surface area contributed by atoms with E-state index in [-0.39, 0.29) is 17.4 Å².